The van der Waals surface area contributed by atoms with Gasteiger partial charge in [0.15, 0.2) is 0 Å². The Morgan fingerprint density at radius 2 is 2.04 bits per heavy atom. The van der Waals surface area contributed by atoms with Crippen molar-refractivity contribution in [3.63, 3.8) is 0 Å². The zero-order valence-corrected chi connectivity index (χ0v) is 13.5. The SMILES string of the molecule is CC1CCN(C(=O)C(C#N)CCCOc2ccc(F)cc2)CC1. The molecule has 0 bridgehead atoms. The summed E-state index contributed by atoms with van der Waals surface area (Å²) in [6.45, 7) is 4.11. The molecule has 1 saturated heterocycles. The van der Waals surface area contributed by atoms with Crippen LogP contribution in [0.25, 0.3) is 0 Å². The molecular weight excluding hydrogens is 295 g/mol. The van der Waals surface area contributed by atoms with Crippen molar-refractivity contribution in [3.8, 4) is 11.8 Å². The average molecular weight is 318 g/mol. The second-order valence-corrected chi connectivity index (χ2v) is 6.13. The van der Waals surface area contributed by atoms with Crippen LogP contribution >= 0.6 is 0 Å². The largest absolute Gasteiger partial charge is 0.494 e. The maximum atomic E-state index is 12.8. The molecule has 0 spiro atoms. The molecule has 1 unspecified atom stereocenters. The minimum absolute atomic E-state index is 0.0545. The summed E-state index contributed by atoms with van der Waals surface area (Å²) >= 11 is 0. The molecule has 2 rings (SSSR count). The molecule has 1 heterocycles. The quantitative estimate of drug-likeness (QED) is 0.756. The highest BCUT2D eigenvalue weighted by Gasteiger charge is 2.26. The maximum absolute atomic E-state index is 12.8. The van der Waals surface area contributed by atoms with Crippen molar-refractivity contribution in [2.75, 3.05) is 19.7 Å². The van der Waals surface area contributed by atoms with E-state index < -0.39 is 5.92 Å². The number of amides is 1. The number of piperidine rings is 1. The highest BCUT2D eigenvalue weighted by molar-refractivity contribution is 5.81. The molecule has 5 heteroatoms. The van der Waals surface area contributed by atoms with Crippen LogP contribution in [0.2, 0.25) is 0 Å². The lowest BCUT2D eigenvalue weighted by atomic mass is 9.96. The molecule has 0 saturated carbocycles. The van der Waals surface area contributed by atoms with E-state index in [4.69, 9.17) is 4.74 Å². The third-order valence-corrected chi connectivity index (χ3v) is 4.27. The molecule has 1 aromatic carbocycles. The predicted molar refractivity (Wildman–Crippen MR) is 85.2 cm³/mol. The minimum Gasteiger partial charge on any atom is -0.494 e. The first-order valence-electron chi connectivity index (χ1n) is 8.17. The molecule has 0 aromatic heterocycles. The number of nitriles is 1. The average Bonchev–Trinajstić information content (AvgIpc) is 2.57. The van der Waals surface area contributed by atoms with Crippen molar-refractivity contribution < 1.29 is 13.9 Å². The second kappa shape index (κ2) is 8.52. The summed E-state index contributed by atoms with van der Waals surface area (Å²) in [6, 6.07) is 7.94. The van der Waals surface area contributed by atoms with E-state index in [9.17, 15) is 14.4 Å². The van der Waals surface area contributed by atoms with Crippen LogP contribution in [0.4, 0.5) is 4.39 Å². The van der Waals surface area contributed by atoms with Gasteiger partial charge in [-0.05, 0) is 55.9 Å². The monoisotopic (exact) mass is 318 g/mol. The topological polar surface area (TPSA) is 53.3 Å². The van der Waals surface area contributed by atoms with Crippen LogP contribution in [-0.4, -0.2) is 30.5 Å². The van der Waals surface area contributed by atoms with Crippen molar-refractivity contribution >= 4 is 5.91 Å². The lowest BCUT2D eigenvalue weighted by molar-refractivity contribution is -0.135. The molecule has 4 nitrogen and oxygen atoms in total. The highest BCUT2D eigenvalue weighted by atomic mass is 19.1. The number of hydrogen-bond donors (Lipinski definition) is 0. The summed E-state index contributed by atoms with van der Waals surface area (Å²) in [5.74, 6) is 0.296. The first kappa shape index (κ1) is 17.3. The van der Waals surface area contributed by atoms with Gasteiger partial charge in [0.25, 0.3) is 0 Å². The Bertz CT molecular complexity index is 545. The maximum Gasteiger partial charge on any atom is 0.239 e. The Balaban J connectivity index is 1.73. The molecule has 0 aliphatic carbocycles. The Hall–Kier alpha value is -2.09. The van der Waals surface area contributed by atoms with E-state index >= 15 is 0 Å². The molecular formula is C18H23FN2O2. The third kappa shape index (κ3) is 5.24. The lowest BCUT2D eigenvalue weighted by Crippen LogP contribution is -2.41. The van der Waals surface area contributed by atoms with E-state index in [1.54, 1.807) is 12.1 Å². The van der Waals surface area contributed by atoms with Crippen molar-refractivity contribution in [2.24, 2.45) is 11.8 Å². The molecule has 1 atom stereocenters. The number of ether oxygens (including phenoxy) is 1. The van der Waals surface area contributed by atoms with Gasteiger partial charge in [0.1, 0.15) is 17.5 Å². The van der Waals surface area contributed by atoms with Crippen molar-refractivity contribution in [2.45, 2.75) is 32.6 Å². The van der Waals surface area contributed by atoms with Gasteiger partial charge in [0, 0.05) is 13.1 Å². The fraction of sp³-hybridized carbons (Fsp3) is 0.556. The number of rotatable bonds is 6. The van der Waals surface area contributed by atoms with Crippen molar-refractivity contribution in [1.29, 1.82) is 5.26 Å². The molecule has 1 fully saturated rings. The Morgan fingerprint density at radius 3 is 2.65 bits per heavy atom. The molecule has 1 aliphatic heterocycles. The van der Waals surface area contributed by atoms with E-state index in [1.165, 1.54) is 12.1 Å². The van der Waals surface area contributed by atoms with E-state index in [0.29, 0.717) is 31.1 Å². The van der Waals surface area contributed by atoms with E-state index in [0.717, 1.165) is 25.9 Å². The number of likely N-dealkylation sites (tertiary alicyclic amines) is 1. The standard InChI is InChI=1S/C18H23FN2O2/c1-14-8-10-21(11-9-14)18(22)15(13-20)3-2-12-23-17-6-4-16(19)5-7-17/h4-7,14-15H,2-3,8-12H2,1H3. The Kier molecular flexibility index (Phi) is 6.40. The smallest absolute Gasteiger partial charge is 0.239 e. The van der Waals surface area contributed by atoms with Gasteiger partial charge in [-0.25, -0.2) is 4.39 Å². The zero-order valence-electron chi connectivity index (χ0n) is 13.5. The van der Waals surface area contributed by atoms with Gasteiger partial charge < -0.3 is 9.64 Å². The normalized spacial score (nSPS) is 16.7. The summed E-state index contributed by atoms with van der Waals surface area (Å²) in [7, 11) is 0. The van der Waals surface area contributed by atoms with Crippen LogP contribution in [0.15, 0.2) is 24.3 Å². The number of nitrogens with zero attached hydrogens (tertiary/aromatic N) is 2. The molecule has 1 aromatic rings. The number of halogens is 1. The highest BCUT2D eigenvalue weighted by Crippen LogP contribution is 2.19. The van der Waals surface area contributed by atoms with Crippen molar-refractivity contribution in [1.82, 2.24) is 4.90 Å². The molecule has 124 valence electrons. The van der Waals surface area contributed by atoms with Crippen LogP contribution in [0.5, 0.6) is 5.75 Å². The minimum atomic E-state index is -0.597. The van der Waals surface area contributed by atoms with Gasteiger partial charge in [0.05, 0.1) is 12.7 Å². The molecule has 1 amide bonds. The van der Waals surface area contributed by atoms with Crippen molar-refractivity contribution in [3.05, 3.63) is 30.1 Å². The van der Waals surface area contributed by atoms with Gasteiger partial charge in [-0.1, -0.05) is 6.92 Å². The summed E-state index contributed by atoms with van der Waals surface area (Å²) in [4.78, 5) is 14.2. The fourth-order valence-electron chi connectivity index (χ4n) is 2.70. The van der Waals surface area contributed by atoms with Gasteiger partial charge >= 0.3 is 0 Å². The van der Waals surface area contributed by atoms with Gasteiger partial charge in [0.2, 0.25) is 5.91 Å². The summed E-state index contributed by atoms with van der Waals surface area (Å²) < 4.78 is 18.3. The van der Waals surface area contributed by atoms with Crippen LogP contribution in [0.1, 0.15) is 32.6 Å². The van der Waals surface area contributed by atoms with E-state index in [-0.39, 0.29) is 11.7 Å². The summed E-state index contributed by atoms with van der Waals surface area (Å²) in [5, 5.41) is 9.25. The molecule has 1 aliphatic rings. The van der Waals surface area contributed by atoms with Crippen LogP contribution in [-0.2, 0) is 4.79 Å². The van der Waals surface area contributed by atoms with Crippen LogP contribution in [0.3, 0.4) is 0 Å². The zero-order chi connectivity index (χ0) is 16.7. The van der Waals surface area contributed by atoms with E-state index in [2.05, 4.69) is 13.0 Å². The summed E-state index contributed by atoms with van der Waals surface area (Å²) in [5.41, 5.74) is 0. The number of hydrogen-bond acceptors (Lipinski definition) is 3. The molecule has 0 N–H and O–H groups in total. The van der Waals surface area contributed by atoms with E-state index in [1.807, 2.05) is 4.90 Å². The fourth-order valence-corrected chi connectivity index (χ4v) is 2.70. The first-order chi connectivity index (χ1) is 11.1. The molecule has 0 radical (unpaired) electrons. The third-order valence-electron chi connectivity index (χ3n) is 4.27. The molecule has 23 heavy (non-hydrogen) atoms. The lowest BCUT2D eigenvalue weighted by Gasteiger charge is -2.31. The van der Waals surface area contributed by atoms with Crippen LogP contribution < -0.4 is 4.74 Å². The first-order valence-corrected chi connectivity index (χ1v) is 8.17. The number of carbonyl (C=O) groups excluding carboxylic acids is 1. The van der Waals surface area contributed by atoms with Crippen LogP contribution in [0, 0.1) is 29.0 Å². The Morgan fingerprint density at radius 1 is 1.39 bits per heavy atom. The Labute approximate surface area is 136 Å². The summed E-state index contributed by atoms with van der Waals surface area (Å²) in [6.07, 6.45) is 3.13. The second-order valence-electron chi connectivity index (χ2n) is 6.13. The number of carbonyl (C=O) groups is 1. The number of benzene rings is 1. The van der Waals surface area contributed by atoms with Gasteiger partial charge in [-0.3, -0.25) is 4.79 Å². The predicted octanol–water partition coefficient (Wildman–Crippen LogP) is 3.38. The van der Waals surface area contributed by atoms with Gasteiger partial charge in [-0.2, -0.15) is 5.26 Å². The van der Waals surface area contributed by atoms with Gasteiger partial charge in [-0.15, -0.1) is 0 Å².